The van der Waals surface area contributed by atoms with Crippen LogP contribution in [0.2, 0.25) is 0 Å². The van der Waals surface area contributed by atoms with Gasteiger partial charge in [-0.05, 0) is 74.6 Å². The number of aldehydes is 2. The lowest BCUT2D eigenvalue weighted by Crippen LogP contribution is -2.25. The summed E-state index contributed by atoms with van der Waals surface area (Å²) >= 11 is 0. The second-order valence-electron chi connectivity index (χ2n) is 12.1. The molecule has 2 saturated heterocycles. The monoisotopic (exact) mass is 640 g/mol. The maximum absolute atomic E-state index is 11.3. The highest BCUT2D eigenvalue weighted by Gasteiger charge is 2.20. The zero-order valence-electron chi connectivity index (χ0n) is 28.6. The Hall–Kier alpha value is -3.10. The molecule has 0 saturated carbocycles. The van der Waals surface area contributed by atoms with Gasteiger partial charge in [0.05, 0.1) is 38.6 Å². The van der Waals surface area contributed by atoms with E-state index >= 15 is 0 Å². The van der Waals surface area contributed by atoms with E-state index in [0.717, 1.165) is 113 Å². The number of methoxy groups -OCH3 is 2. The van der Waals surface area contributed by atoms with Gasteiger partial charge in [0, 0.05) is 25.0 Å². The number of ether oxygens (including phenoxy) is 6. The van der Waals surface area contributed by atoms with E-state index in [0.29, 0.717) is 22.6 Å². The lowest BCUT2D eigenvalue weighted by atomic mass is 10.0. The smallest absolute Gasteiger partial charge is 0.199 e. The van der Waals surface area contributed by atoms with Crippen molar-refractivity contribution in [3.05, 3.63) is 46.5 Å². The van der Waals surface area contributed by atoms with Crippen LogP contribution in [-0.4, -0.2) is 52.6 Å². The van der Waals surface area contributed by atoms with Crippen LogP contribution in [0.1, 0.15) is 136 Å². The van der Waals surface area contributed by atoms with Crippen molar-refractivity contribution in [1.82, 2.24) is 0 Å². The normalized spacial score (nSPS) is 17.7. The van der Waals surface area contributed by atoms with Crippen LogP contribution in [0, 0.1) is 0 Å². The van der Waals surface area contributed by atoms with Crippen LogP contribution in [0.25, 0.3) is 0 Å². The predicted molar refractivity (Wildman–Crippen MR) is 181 cm³/mol. The first-order valence-electron chi connectivity index (χ1n) is 17.4. The molecule has 2 atom stereocenters. The third-order valence-corrected chi connectivity index (χ3v) is 8.47. The summed E-state index contributed by atoms with van der Waals surface area (Å²) < 4.78 is 34.1. The number of carbonyl (C=O) groups excluding carboxylic acids is 2. The molecule has 0 bridgehead atoms. The molecule has 4 rings (SSSR count). The Balaban J connectivity index is 0.000000250. The molecule has 0 aliphatic carbocycles. The van der Waals surface area contributed by atoms with Gasteiger partial charge in [-0.1, -0.05) is 52.4 Å². The zero-order chi connectivity index (χ0) is 33.0. The minimum absolute atomic E-state index is 0.190. The average molecular weight is 641 g/mol. The molecule has 0 radical (unpaired) electrons. The molecule has 2 aromatic rings. The summed E-state index contributed by atoms with van der Waals surface area (Å²) in [5.41, 5.74) is 3.29. The lowest BCUT2D eigenvalue weighted by Gasteiger charge is -2.25. The molecule has 0 spiro atoms. The maximum atomic E-state index is 11.3. The molecule has 2 unspecified atom stereocenters. The first kappa shape index (κ1) is 37.4. The Morgan fingerprint density at radius 3 is 1.37 bits per heavy atom. The summed E-state index contributed by atoms with van der Waals surface area (Å²) in [6.45, 7) is 5.90. The molecular formula is C38H56O8. The second kappa shape index (κ2) is 21.6. The Morgan fingerprint density at radius 2 is 1.04 bits per heavy atom. The summed E-state index contributed by atoms with van der Waals surface area (Å²) in [5, 5.41) is 0. The standard InChI is InChI=1S/2C19H28O4/c2*1-3-4-5-6-9-15-12-16(14-20)17(21-2)13-18(15)23-19-10-7-8-11-22-19/h2*12-14,19H,3-11H2,1-2H3. The van der Waals surface area contributed by atoms with Crippen molar-refractivity contribution >= 4 is 12.6 Å². The number of aryl methyl sites for hydroxylation is 2. The molecular weight excluding hydrogens is 584 g/mol. The maximum Gasteiger partial charge on any atom is 0.199 e. The van der Waals surface area contributed by atoms with Crippen LogP contribution in [-0.2, 0) is 22.3 Å². The van der Waals surface area contributed by atoms with Crippen LogP contribution in [0.5, 0.6) is 23.0 Å². The quantitative estimate of drug-likeness (QED) is 0.118. The number of hydrogen-bond donors (Lipinski definition) is 0. The first-order valence-corrected chi connectivity index (χ1v) is 17.4. The van der Waals surface area contributed by atoms with E-state index in [4.69, 9.17) is 28.4 Å². The van der Waals surface area contributed by atoms with Gasteiger partial charge in [-0.25, -0.2) is 0 Å². The van der Waals surface area contributed by atoms with E-state index in [1.807, 2.05) is 24.3 Å². The van der Waals surface area contributed by atoms with E-state index in [9.17, 15) is 9.59 Å². The third kappa shape index (κ3) is 12.3. The fourth-order valence-corrected chi connectivity index (χ4v) is 5.77. The number of benzene rings is 2. The minimum Gasteiger partial charge on any atom is -0.496 e. The number of rotatable bonds is 18. The first-order chi connectivity index (χ1) is 22.6. The molecule has 2 aromatic carbocycles. The van der Waals surface area contributed by atoms with Crippen LogP contribution >= 0.6 is 0 Å². The number of unbranched alkanes of at least 4 members (excludes halogenated alkanes) is 6. The fourth-order valence-electron chi connectivity index (χ4n) is 5.77. The molecule has 46 heavy (non-hydrogen) atoms. The van der Waals surface area contributed by atoms with Gasteiger partial charge in [0.15, 0.2) is 25.2 Å². The highest BCUT2D eigenvalue weighted by atomic mass is 16.7. The van der Waals surface area contributed by atoms with E-state index in [-0.39, 0.29) is 12.6 Å². The van der Waals surface area contributed by atoms with Crippen LogP contribution in [0.4, 0.5) is 0 Å². The number of hydrogen-bond acceptors (Lipinski definition) is 8. The van der Waals surface area contributed by atoms with Crippen molar-refractivity contribution in [3.8, 4) is 23.0 Å². The van der Waals surface area contributed by atoms with Gasteiger partial charge < -0.3 is 28.4 Å². The SMILES string of the molecule is CCCCCCc1cc(C=O)c(OC)cc1OC1CCCCO1.CCCCCCc1cc(C=O)c(OC)cc1OC1CCCCO1. The molecule has 2 aliphatic heterocycles. The van der Waals surface area contributed by atoms with Gasteiger partial charge in [-0.15, -0.1) is 0 Å². The van der Waals surface area contributed by atoms with Crippen molar-refractivity contribution in [1.29, 1.82) is 0 Å². The van der Waals surface area contributed by atoms with E-state index in [1.165, 1.54) is 38.5 Å². The zero-order valence-corrected chi connectivity index (χ0v) is 28.6. The largest absolute Gasteiger partial charge is 0.496 e. The Labute approximate surface area is 276 Å². The van der Waals surface area contributed by atoms with Gasteiger partial charge >= 0.3 is 0 Å². The lowest BCUT2D eigenvalue weighted by molar-refractivity contribution is -0.106. The minimum atomic E-state index is -0.190. The molecule has 256 valence electrons. The molecule has 0 N–H and O–H groups in total. The van der Waals surface area contributed by atoms with E-state index in [1.54, 1.807) is 14.2 Å². The molecule has 8 nitrogen and oxygen atoms in total. The molecule has 2 heterocycles. The summed E-state index contributed by atoms with van der Waals surface area (Å²) in [5.74, 6) is 2.69. The van der Waals surface area contributed by atoms with Crippen molar-refractivity contribution < 1.29 is 38.0 Å². The summed E-state index contributed by atoms with van der Waals surface area (Å²) in [7, 11) is 3.15. The van der Waals surface area contributed by atoms with E-state index in [2.05, 4.69) is 13.8 Å². The highest BCUT2D eigenvalue weighted by Crippen LogP contribution is 2.33. The topological polar surface area (TPSA) is 89.5 Å². The molecule has 8 heteroatoms. The second-order valence-corrected chi connectivity index (χ2v) is 12.1. The predicted octanol–water partition coefficient (Wildman–Crippen LogP) is 9.07. The van der Waals surface area contributed by atoms with Crippen LogP contribution in [0.3, 0.4) is 0 Å². The van der Waals surface area contributed by atoms with Crippen LogP contribution in [0.15, 0.2) is 24.3 Å². The van der Waals surface area contributed by atoms with Gasteiger partial charge in [0.1, 0.15) is 23.0 Å². The van der Waals surface area contributed by atoms with Crippen molar-refractivity contribution in [2.24, 2.45) is 0 Å². The van der Waals surface area contributed by atoms with Crippen LogP contribution < -0.4 is 18.9 Å². The molecule has 2 aliphatic rings. The summed E-state index contributed by atoms with van der Waals surface area (Å²) in [6.07, 6.45) is 18.9. The molecule has 2 fully saturated rings. The van der Waals surface area contributed by atoms with Gasteiger partial charge in [-0.2, -0.15) is 0 Å². The van der Waals surface area contributed by atoms with Crippen molar-refractivity contribution in [2.75, 3.05) is 27.4 Å². The van der Waals surface area contributed by atoms with E-state index < -0.39 is 0 Å². The van der Waals surface area contributed by atoms with Crippen molar-refractivity contribution in [3.63, 3.8) is 0 Å². The highest BCUT2D eigenvalue weighted by molar-refractivity contribution is 5.81. The summed E-state index contributed by atoms with van der Waals surface area (Å²) in [4.78, 5) is 22.5. The van der Waals surface area contributed by atoms with Gasteiger partial charge in [0.25, 0.3) is 0 Å². The Bertz CT molecular complexity index is 1080. The third-order valence-electron chi connectivity index (χ3n) is 8.47. The Kier molecular flexibility index (Phi) is 17.6. The Morgan fingerprint density at radius 1 is 0.609 bits per heavy atom. The summed E-state index contributed by atoms with van der Waals surface area (Å²) in [6, 6.07) is 7.46. The number of carbonyl (C=O) groups is 2. The van der Waals surface area contributed by atoms with Crippen molar-refractivity contribution in [2.45, 2.75) is 129 Å². The van der Waals surface area contributed by atoms with Gasteiger partial charge in [0.2, 0.25) is 0 Å². The van der Waals surface area contributed by atoms with Gasteiger partial charge in [-0.3, -0.25) is 9.59 Å². The molecule has 0 aromatic heterocycles. The fraction of sp³-hybridized carbons (Fsp3) is 0.632. The average Bonchev–Trinajstić information content (AvgIpc) is 3.10. The molecule has 0 amide bonds.